The molecule has 3 heteroatoms. The van der Waals surface area contributed by atoms with Gasteiger partial charge in [0.25, 0.3) is 0 Å². The van der Waals surface area contributed by atoms with Crippen LogP contribution < -0.4 is 15.0 Å². The first kappa shape index (κ1) is 10.1. The van der Waals surface area contributed by atoms with Crippen LogP contribution in [-0.4, -0.2) is 26.2 Å². The number of likely N-dealkylation sites (N-methyl/N-ethyl adjacent to an activating group) is 1. The Kier molecular flexibility index (Phi) is 2.47. The van der Waals surface area contributed by atoms with Gasteiger partial charge in [-0.05, 0) is 26.0 Å². The first-order chi connectivity index (χ1) is 7.13. The summed E-state index contributed by atoms with van der Waals surface area (Å²) in [6.45, 7) is 4.43. The zero-order valence-electron chi connectivity index (χ0n) is 9.74. The van der Waals surface area contributed by atoms with Crippen LogP contribution in [0.5, 0.6) is 5.75 Å². The van der Waals surface area contributed by atoms with E-state index in [1.165, 1.54) is 11.4 Å². The summed E-state index contributed by atoms with van der Waals surface area (Å²) in [6, 6.07) is 7.10. The monoisotopic (exact) mass is 206 g/mol. The zero-order chi connectivity index (χ0) is 11.0. The number of fused-ring (bicyclic) bond motifs is 1. The molecule has 0 aliphatic carbocycles. The second kappa shape index (κ2) is 3.65. The summed E-state index contributed by atoms with van der Waals surface area (Å²) >= 11 is 0. The van der Waals surface area contributed by atoms with Gasteiger partial charge in [-0.15, -0.1) is 0 Å². The van der Waals surface area contributed by atoms with E-state index in [2.05, 4.69) is 43.2 Å². The minimum Gasteiger partial charge on any atom is -0.497 e. The molecule has 0 radical (unpaired) electrons. The normalized spacial score (nSPS) is 24.4. The molecule has 15 heavy (non-hydrogen) atoms. The topological polar surface area (TPSA) is 24.5 Å². The Hall–Kier alpha value is -1.38. The molecule has 82 valence electrons. The summed E-state index contributed by atoms with van der Waals surface area (Å²) in [6.07, 6.45) is 0. The summed E-state index contributed by atoms with van der Waals surface area (Å²) in [7, 11) is 3.82. The molecule has 0 amide bonds. The molecule has 2 atom stereocenters. The van der Waals surface area contributed by atoms with Crippen molar-refractivity contribution in [2.24, 2.45) is 0 Å². The molecule has 0 aromatic heterocycles. The number of nitrogens with one attached hydrogen (secondary N) is 1. The lowest BCUT2D eigenvalue weighted by atomic mass is 10.0. The van der Waals surface area contributed by atoms with Gasteiger partial charge in [-0.3, -0.25) is 0 Å². The average Bonchev–Trinajstić information content (AvgIpc) is 2.26. The van der Waals surface area contributed by atoms with Crippen molar-refractivity contribution in [2.75, 3.05) is 24.4 Å². The first-order valence-corrected chi connectivity index (χ1v) is 5.31. The molecule has 1 N–H and O–H groups in total. The molecule has 3 nitrogen and oxygen atoms in total. The van der Waals surface area contributed by atoms with Crippen LogP contribution in [0.25, 0.3) is 0 Å². The fourth-order valence-electron chi connectivity index (χ4n) is 1.97. The van der Waals surface area contributed by atoms with Crippen LogP contribution in [0.1, 0.15) is 13.8 Å². The van der Waals surface area contributed by atoms with Crippen LogP contribution in [0.4, 0.5) is 11.4 Å². The third-order valence-corrected chi connectivity index (χ3v) is 3.30. The van der Waals surface area contributed by atoms with E-state index >= 15 is 0 Å². The summed E-state index contributed by atoms with van der Waals surface area (Å²) in [5.41, 5.74) is 2.39. The van der Waals surface area contributed by atoms with Crippen molar-refractivity contribution >= 4 is 11.4 Å². The van der Waals surface area contributed by atoms with Crippen molar-refractivity contribution in [2.45, 2.75) is 25.9 Å². The molecule has 0 bridgehead atoms. The second-order valence-corrected chi connectivity index (χ2v) is 4.17. The standard InChI is InChI=1S/C12H18N2O/c1-8-9(2)14(3)12-7-10(15-4)5-6-11(12)13-8/h5-9,13H,1-4H3. The number of methoxy groups -OCH3 is 1. The molecule has 2 rings (SSSR count). The van der Waals surface area contributed by atoms with E-state index in [1.54, 1.807) is 7.11 Å². The largest absolute Gasteiger partial charge is 0.497 e. The number of nitrogens with zero attached hydrogens (tertiary/aromatic N) is 1. The van der Waals surface area contributed by atoms with Gasteiger partial charge in [0.15, 0.2) is 0 Å². The van der Waals surface area contributed by atoms with Gasteiger partial charge in [-0.25, -0.2) is 0 Å². The van der Waals surface area contributed by atoms with Crippen molar-refractivity contribution in [3.05, 3.63) is 18.2 Å². The molecular formula is C12H18N2O. The lowest BCUT2D eigenvalue weighted by Crippen LogP contribution is -2.45. The Morgan fingerprint density at radius 3 is 2.73 bits per heavy atom. The van der Waals surface area contributed by atoms with Crippen LogP contribution in [0, 0.1) is 0 Å². The molecule has 0 fully saturated rings. The maximum atomic E-state index is 5.24. The zero-order valence-corrected chi connectivity index (χ0v) is 9.74. The maximum absolute atomic E-state index is 5.24. The molecule has 0 saturated carbocycles. The predicted molar refractivity (Wildman–Crippen MR) is 63.9 cm³/mol. The molecular weight excluding hydrogens is 188 g/mol. The Morgan fingerprint density at radius 2 is 2.07 bits per heavy atom. The number of benzene rings is 1. The van der Waals surface area contributed by atoms with E-state index < -0.39 is 0 Å². The quantitative estimate of drug-likeness (QED) is 0.763. The predicted octanol–water partition coefficient (Wildman–Crippen LogP) is 2.33. The average molecular weight is 206 g/mol. The molecule has 1 aromatic rings. The first-order valence-electron chi connectivity index (χ1n) is 5.31. The Bertz CT molecular complexity index is 365. The van der Waals surface area contributed by atoms with E-state index in [1.807, 2.05) is 6.07 Å². The summed E-state index contributed by atoms with van der Waals surface area (Å²) in [5, 5.41) is 3.49. The Balaban J connectivity index is 2.42. The number of hydrogen-bond donors (Lipinski definition) is 1. The molecule has 2 unspecified atom stereocenters. The van der Waals surface area contributed by atoms with Crippen LogP contribution in [-0.2, 0) is 0 Å². The van der Waals surface area contributed by atoms with E-state index in [0.29, 0.717) is 12.1 Å². The van der Waals surface area contributed by atoms with Gasteiger partial charge in [0, 0.05) is 25.2 Å². The van der Waals surface area contributed by atoms with E-state index in [4.69, 9.17) is 4.74 Å². The highest BCUT2D eigenvalue weighted by Crippen LogP contribution is 2.35. The summed E-state index contributed by atoms with van der Waals surface area (Å²) in [5.74, 6) is 0.907. The molecule has 1 aliphatic heterocycles. The van der Waals surface area contributed by atoms with Crippen LogP contribution in [0.15, 0.2) is 18.2 Å². The Morgan fingerprint density at radius 1 is 1.33 bits per heavy atom. The van der Waals surface area contributed by atoms with E-state index in [9.17, 15) is 0 Å². The molecule has 0 spiro atoms. The highest BCUT2D eigenvalue weighted by Gasteiger charge is 2.25. The number of anilines is 2. The van der Waals surface area contributed by atoms with Crippen LogP contribution >= 0.6 is 0 Å². The molecule has 1 heterocycles. The Labute approximate surface area is 91.0 Å². The van der Waals surface area contributed by atoms with Gasteiger partial charge in [0.2, 0.25) is 0 Å². The lowest BCUT2D eigenvalue weighted by Gasteiger charge is -2.39. The van der Waals surface area contributed by atoms with Gasteiger partial charge >= 0.3 is 0 Å². The second-order valence-electron chi connectivity index (χ2n) is 4.17. The van der Waals surface area contributed by atoms with Crippen LogP contribution in [0.2, 0.25) is 0 Å². The van der Waals surface area contributed by atoms with Gasteiger partial charge < -0.3 is 15.0 Å². The van der Waals surface area contributed by atoms with Gasteiger partial charge in [0.1, 0.15) is 5.75 Å². The number of hydrogen-bond acceptors (Lipinski definition) is 3. The van der Waals surface area contributed by atoms with E-state index in [-0.39, 0.29) is 0 Å². The van der Waals surface area contributed by atoms with Crippen molar-refractivity contribution < 1.29 is 4.74 Å². The van der Waals surface area contributed by atoms with Crippen molar-refractivity contribution in [3.8, 4) is 5.75 Å². The highest BCUT2D eigenvalue weighted by molar-refractivity contribution is 5.74. The SMILES string of the molecule is COc1ccc2c(c1)N(C)C(C)C(C)N2. The minimum absolute atomic E-state index is 0.468. The molecule has 0 saturated heterocycles. The van der Waals surface area contributed by atoms with Crippen molar-refractivity contribution in [1.29, 1.82) is 0 Å². The van der Waals surface area contributed by atoms with Crippen molar-refractivity contribution in [3.63, 3.8) is 0 Å². The van der Waals surface area contributed by atoms with Gasteiger partial charge in [-0.2, -0.15) is 0 Å². The van der Waals surface area contributed by atoms with Gasteiger partial charge in [0.05, 0.1) is 18.5 Å². The molecule has 1 aromatic carbocycles. The summed E-state index contributed by atoms with van der Waals surface area (Å²) in [4.78, 5) is 2.29. The van der Waals surface area contributed by atoms with Gasteiger partial charge in [-0.1, -0.05) is 0 Å². The fraction of sp³-hybridized carbons (Fsp3) is 0.500. The smallest absolute Gasteiger partial charge is 0.121 e. The third-order valence-electron chi connectivity index (χ3n) is 3.30. The fourth-order valence-corrected chi connectivity index (χ4v) is 1.97. The molecule has 1 aliphatic rings. The summed E-state index contributed by atoms with van der Waals surface area (Å²) < 4.78 is 5.24. The number of ether oxygens (including phenoxy) is 1. The van der Waals surface area contributed by atoms with Crippen molar-refractivity contribution in [1.82, 2.24) is 0 Å². The van der Waals surface area contributed by atoms with E-state index in [0.717, 1.165) is 5.75 Å². The lowest BCUT2D eigenvalue weighted by molar-refractivity contribution is 0.414. The minimum atomic E-state index is 0.468. The number of rotatable bonds is 1. The van der Waals surface area contributed by atoms with Crippen LogP contribution in [0.3, 0.4) is 0 Å². The highest BCUT2D eigenvalue weighted by atomic mass is 16.5. The third kappa shape index (κ3) is 1.62. The maximum Gasteiger partial charge on any atom is 0.121 e.